The zero-order valence-electron chi connectivity index (χ0n) is 9.84. The maximum Gasteiger partial charge on any atom is 0.341 e. The predicted octanol–water partition coefficient (Wildman–Crippen LogP) is 2.84. The molecule has 1 aromatic carbocycles. The monoisotopic (exact) mass is 325 g/mol. The molecule has 0 unspecified atom stereocenters. The number of rotatable bonds is 3. The predicted molar refractivity (Wildman–Crippen MR) is 71.2 cm³/mol. The summed E-state index contributed by atoms with van der Waals surface area (Å²) in [4.78, 5) is 20.0. The van der Waals surface area contributed by atoms with Gasteiger partial charge in [-0.15, -0.1) is 0 Å². The summed E-state index contributed by atoms with van der Waals surface area (Å²) in [6.45, 7) is 0. The van der Waals surface area contributed by atoms with Crippen molar-refractivity contribution in [1.29, 1.82) is 0 Å². The third-order valence-corrected chi connectivity index (χ3v) is 3.00. The van der Waals surface area contributed by atoms with E-state index >= 15 is 0 Å². The van der Waals surface area contributed by atoms with Gasteiger partial charge in [0, 0.05) is 17.7 Å². The lowest BCUT2D eigenvalue weighted by molar-refractivity contribution is 0.0697. The number of hydrogen-bond donors (Lipinski definition) is 1. The summed E-state index contributed by atoms with van der Waals surface area (Å²) in [6, 6.07) is 4.39. The van der Waals surface area contributed by atoms with Crippen LogP contribution in [0.25, 0.3) is 0 Å². The van der Waals surface area contributed by atoms with Gasteiger partial charge in [-0.1, -0.05) is 15.9 Å². The molecule has 0 spiro atoms. The fourth-order valence-corrected chi connectivity index (χ4v) is 1.95. The van der Waals surface area contributed by atoms with Gasteiger partial charge in [-0.25, -0.2) is 19.2 Å². The van der Waals surface area contributed by atoms with Gasteiger partial charge in [-0.3, -0.25) is 0 Å². The molecule has 0 saturated heterocycles. The molecule has 2 aromatic rings. The highest BCUT2D eigenvalue weighted by Gasteiger charge is 2.18. The van der Waals surface area contributed by atoms with Crippen molar-refractivity contribution in [3.05, 3.63) is 46.6 Å². The van der Waals surface area contributed by atoms with Crippen LogP contribution in [0.3, 0.4) is 0 Å². The lowest BCUT2D eigenvalue weighted by Gasteiger charge is -2.20. The van der Waals surface area contributed by atoms with Crippen LogP contribution in [0.4, 0.5) is 15.9 Å². The molecule has 1 heterocycles. The first-order valence-electron chi connectivity index (χ1n) is 5.23. The molecular weight excluding hydrogens is 317 g/mol. The largest absolute Gasteiger partial charge is 0.477 e. The molecule has 0 aliphatic rings. The van der Waals surface area contributed by atoms with Crippen molar-refractivity contribution in [2.75, 3.05) is 11.9 Å². The lowest BCUT2D eigenvalue weighted by atomic mass is 10.2. The number of aromatic carboxylic acids is 1. The second-order valence-corrected chi connectivity index (χ2v) is 4.64. The first-order valence-corrected chi connectivity index (χ1v) is 6.02. The molecule has 0 bridgehead atoms. The number of aromatic nitrogens is 2. The van der Waals surface area contributed by atoms with Crippen LogP contribution in [0.2, 0.25) is 0 Å². The van der Waals surface area contributed by atoms with E-state index in [2.05, 4.69) is 25.9 Å². The van der Waals surface area contributed by atoms with Gasteiger partial charge in [-0.2, -0.15) is 0 Å². The molecule has 0 amide bonds. The second kappa shape index (κ2) is 5.31. The Balaban J connectivity index is 2.53. The van der Waals surface area contributed by atoms with Crippen molar-refractivity contribution in [1.82, 2.24) is 9.97 Å². The highest BCUT2D eigenvalue weighted by atomic mass is 79.9. The number of benzene rings is 1. The number of halogens is 2. The molecule has 98 valence electrons. The van der Waals surface area contributed by atoms with Crippen LogP contribution in [-0.2, 0) is 0 Å². The van der Waals surface area contributed by atoms with E-state index in [0.717, 1.165) is 0 Å². The SMILES string of the molecule is CN(c1cc(Br)ccc1F)c1ncncc1C(=O)O. The molecular formula is C12H9BrFN3O2. The van der Waals surface area contributed by atoms with Crippen molar-refractivity contribution >= 4 is 33.4 Å². The Kier molecular flexibility index (Phi) is 3.75. The summed E-state index contributed by atoms with van der Waals surface area (Å²) < 4.78 is 14.5. The molecule has 0 radical (unpaired) electrons. The van der Waals surface area contributed by atoms with Crippen LogP contribution in [0.1, 0.15) is 10.4 Å². The maximum atomic E-state index is 13.8. The van der Waals surface area contributed by atoms with Crippen LogP contribution in [0, 0.1) is 5.82 Å². The standard InChI is InChI=1S/C12H9BrFN3O2/c1-17(10-4-7(13)2-3-9(10)14)11-8(12(18)19)5-15-6-16-11/h2-6H,1H3,(H,18,19). The molecule has 1 aromatic heterocycles. The van der Waals surface area contributed by atoms with E-state index in [-0.39, 0.29) is 17.1 Å². The van der Waals surface area contributed by atoms with Crippen molar-refractivity contribution in [2.45, 2.75) is 0 Å². The minimum Gasteiger partial charge on any atom is -0.477 e. The van der Waals surface area contributed by atoms with Crippen LogP contribution in [0.5, 0.6) is 0 Å². The molecule has 2 rings (SSSR count). The van der Waals surface area contributed by atoms with E-state index in [1.165, 1.54) is 23.5 Å². The molecule has 0 saturated carbocycles. The summed E-state index contributed by atoms with van der Waals surface area (Å²) in [7, 11) is 1.54. The van der Waals surface area contributed by atoms with Crippen molar-refractivity contribution in [2.24, 2.45) is 0 Å². The summed E-state index contributed by atoms with van der Waals surface area (Å²) in [5.41, 5.74) is 0.125. The molecule has 0 aliphatic heterocycles. The van der Waals surface area contributed by atoms with E-state index in [9.17, 15) is 9.18 Å². The van der Waals surface area contributed by atoms with E-state index in [1.807, 2.05) is 0 Å². The fourth-order valence-electron chi connectivity index (χ4n) is 1.60. The summed E-state index contributed by atoms with van der Waals surface area (Å²) in [5.74, 6) is -1.52. The van der Waals surface area contributed by atoms with Crippen LogP contribution in [0.15, 0.2) is 35.2 Å². The third-order valence-electron chi connectivity index (χ3n) is 2.51. The molecule has 0 fully saturated rings. The topological polar surface area (TPSA) is 66.3 Å². The Labute approximate surface area is 116 Å². The summed E-state index contributed by atoms with van der Waals surface area (Å²) in [5, 5.41) is 9.08. The van der Waals surface area contributed by atoms with Crippen LogP contribution in [-0.4, -0.2) is 28.1 Å². The van der Waals surface area contributed by atoms with E-state index in [1.54, 1.807) is 19.2 Å². The van der Waals surface area contributed by atoms with Gasteiger partial charge in [0.15, 0.2) is 5.82 Å². The highest BCUT2D eigenvalue weighted by Crippen LogP contribution is 2.29. The molecule has 0 atom stereocenters. The van der Waals surface area contributed by atoms with Crippen molar-refractivity contribution in [3.63, 3.8) is 0 Å². The smallest absolute Gasteiger partial charge is 0.341 e. The Morgan fingerprint density at radius 2 is 2.21 bits per heavy atom. The lowest BCUT2D eigenvalue weighted by Crippen LogP contribution is -2.17. The first-order chi connectivity index (χ1) is 9.00. The van der Waals surface area contributed by atoms with Gasteiger partial charge in [0.1, 0.15) is 17.7 Å². The van der Waals surface area contributed by atoms with Crippen LogP contribution < -0.4 is 4.90 Å². The Bertz CT molecular complexity index is 636. The Morgan fingerprint density at radius 1 is 1.47 bits per heavy atom. The minimum atomic E-state index is -1.17. The van der Waals surface area contributed by atoms with Gasteiger partial charge in [0.05, 0.1) is 5.69 Å². The molecule has 7 heteroatoms. The number of carboxylic acid groups (broad SMARTS) is 1. The maximum absolute atomic E-state index is 13.8. The fraction of sp³-hybridized carbons (Fsp3) is 0.0833. The average molecular weight is 326 g/mol. The molecule has 19 heavy (non-hydrogen) atoms. The third kappa shape index (κ3) is 2.70. The average Bonchev–Trinajstić information content (AvgIpc) is 2.40. The zero-order chi connectivity index (χ0) is 14.0. The molecule has 0 aliphatic carbocycles. The minimum absolute atomic E-state index is 0.0932. The first kappa shape index (κ1) is 13.4. The highest BCUT2D eigenvalue weighted by molar-refractivity contribution is 9.10. The quantitative estimate of drug-likeness (QED) is 0.939. The second-order valence-electron chi connectivity index (χ2n) is 3.72. The van der Waals surface area contributed by atoms with E-state index in [4.69, 9.17) is 5.11 Å². The van der Waals surface area contributed by atoms with Crippen LogP contribution >= 0.6 is 15.9 Å². The van der Waals surface area contributed by atoms with Crippen molar-refractivity contribution in [3.8, 4) is 0 Å². The number of carbonyl (C=O) groups is 1. The number of hydrogen-bond acceptors (Lipinski definition) is 4. The van der Waals surface area contributed by atoms with Gasteiger partial charge < -0.3 is 10.0 Å². The van der Waals surface area contributed by atoms with Gasteiger partial charge in [0.2, 0.25) is 0 Å². The molecule has 5 nitrogen and oxygen atoms in total. The van der Waals surface area contributed by atoms with Gasteiger partial charge >= 0.3 is 5.97 Å². The Morgan fingerprint density at radius 3 is 2.89 bits per heavy atom. The summed E-state index contributed by atoms with van der Waals surface area (Å²) in [6.07, 6.45) is 2.39. The van der Waals surface area contributed by atoms with Gasteiger partial charge in [-0.05, 0) is 18.2 Å². The van der Waals surface area contributed by atoms with Gasteiger partial charge in [0.25, 0.3) is 0 Å². The zero-order valence-corrected chi connectivity index (χ0v) is 11.4. The number of nitrogens with zero attached hydrogens (tertiary/aromatic N) is 3. The Hall–Kier alpha value is -2.02. The normalized spacial score (nSPS) is 10.3. The molecule has 1 N–H and O–H groups in total. The van der Waals surface area contributed by atoms with E-state index in [0.29, 0.717) is 4.47 Å². The number of carboxylic acids is 1. The van der Waals surface area contributed by atoms with Crippen molar-refractivity contribution < 1.29 is 14.3 Å². The summed E-state index contributed by atoms with van der Waals surface area (Å²) >= 11 is 3.24. The number of anilines is 2. The van der Waals surface area contributed by atoms with E-state index < -0.39 is 11.8 Å².